The maximum atomic E-state index is 12.2. The van der Waals surface area contributed by atoms with Crippen molar-refractivity contribution in [3.63, 3.8) is 0 Å². The summed E-state index contributed by atoms with van der Waals surface area (Å²) < 4.78 is 30.3. The molecule has 1 aromatic heterocycles. The number of nitrogens with zero attached hydrogens (tertiary/aromatic N) is 2. The van der Waals surface area contributed by atoms with Crippen molar-refractivity contribution in [2.24, 2.45) is 7.05 Å². The Morgan fingerprint density at radius 2 is 1.84 bits per heavy atom. The van der Waals surface area contributed by atoms with Crippen LogP contribution < -0.4 is 10.3 Å². The molecule has 1 fully saturated rings. The van der Waals surface area contributed by atoms with Crippen molar-refractivity contribution in [3.05, 3.63) is 64.1 Å². The Balaban J connectivity index is 1.53. The summed E-state index contributed by atoms with van der Waals surface area (Å²) in [5.41, 5.74) is 2.23. The second kappa shape index (κ2) is 7.78. The first-order valence-corrected chi connectivity index (χ1v) is 8.44. The molecular formula is C19H22F2N2O2. The van der Waals surface area contributed by atoms with E-state index in [0.717, 1.165) is 43.6 Å². The van der Waals surface area contributed by atoms with E-state index in [4.69, 9.17) is 0 Å². The molecule has 0 unspecified atom stereocenters. The van der Waals surface area contributed by atoms with Crippen LogP contribution >= 0.6 is 0 Å². The SMILES string of the molecule is Cn1ccc(C2CCN(Cc3ccc(OC(F)F)cc3)CC2)cc1=O. The lowest BCUT2D eigenvalue weighted by atomic mass is 9.90. The lowest BCUT2D eigenvalue weighted by Gasteiger charge is -2.32. The summed E-state index contributed by atoms with van der Waals surface area (Å²) in [6.07, 6.45) is 3.85. The van der Waals surface area contributed by atoms with Crippen LogP contribution in [0.5, 0.6) is 5.75 Å². The number of hydrogen-bond donors (Lipinski definition) is 0. The first-order valence-electron chi connectivity index (χ1n) is 8.44. The third kappa shape index (κ3) is 4.66. The molecule has 0 saturated carbocycles. The number of hydrogen-bond acceptors (Lipinski definition) is 3. The van der Waals surface area contributed by atoms with E-state index in [1.54, 1.807) is 29.8 Å². The molecule has 0 N–H and O–H groups in total. The molecule has 0 bridgehead atoms. The zero-order chi connectivity index (χ0) is 17.8. The third-order valence-electron chi connectivity index (χ3n) is 4.74. The molecule has 134 valence electrons. The molecule has 0 atom stereocenters. The van der Waals surface area contributed by atoms with E-state index in [-0.39, 0.29) is 11.3 Å². The van der Waals surface area contributed by atoms with Gasteiger partial charge < -0.3 is 9.30 Å². The maximum Gasteiger partial charge on any atom is 0.387 e. The van der Waals surface area contributed by atoms with Gasteiger partial charge in [-0.05, 0) is 61.2 Å². The topological polar surface area (TPSA) is 34.5 Å². The Bertz CT molecular complexity index is 751. The van der Waals surface area contributed by atoms with E-state index < -0.39 is 6.61 Å². The predicted octanol–water partition coefficient (Wildman–Crippen LogP) is 3.37. The molecule has 3 rings (SSSR count). The number of aromatic nitrogens is 1. The molecule has 2 heterocycles. The molecule has 0 aliphatic carbocycles. The molecule has 0 amide bonds. The van der Waals surface area contributed by atoms with Crippen LogP contribution in [0.4, 0.5) is 8.78 Å². The normalized spacial score (nSPS) is 16.3. The fraction of sp³-hybridized carbons (Fsp3) is 0.421. The van der Waals surface area contributed by atoms with Crippen molar-refractivity contribution in [1.82, 2.24) is 9.47 Å². The minimum atomic E-state index is -2.79. The summed E-state index contributed by atoms with van der Waals surface area (Å²) in [5, 5.41) is 0. The van der Waals surface area contributed by atoms with Crippen molar-refractivity contribution in [1.29, 1.82) is 0 Å². The van der Waals surface area contributed by atoms with Gasteiger partial charge in [0.15, 0.2) is 0 Å². The van der Waals surface area contributed by atoms with Crippen molar-refractivity contribution in [2.75, 3.05) is 13.1 Å². The monoisotopic (exact) mass is 348 g/mol. The van der Waals surface area contributed by atoms with Gasteiger partial charge in [0.05, 0.1) is 0 Å². The minimum absolute atomic E-state index is 0.0334. The minimum Gasteiger partial charge on any atom is -0.435 e. The number of pyridine rings is 1. The Morgan fingerprint density at radius 3 is 2.44 bits per heavy atom. The zero-order valence-corrected chi connectivity index (χ0v) is 14.2. The molecule has 1 saturated heterocycles. The predicted molar refractivity (Wildman–Crippen MR) is 92.0 cm³/mol. The van der Waals surface area contributed by atoms with Crippen molar-refractivity contribution >= 4 is 0 Å². The van der Waals surface area contributed by atoms with Gasteiger partial charge in [-0.1, -0.05) is 12.1 Å². The van der Waals surface area contributed by atoms with Crippen molar-refractivity contribution in [3.8, 4) is 5.75 Å². The molecule has 0 radical (unpaired) electrons. The van der Waals surface area contributed by atoms with Gasteiger partial charge in [-0.2, -0.15) is 8.78 Å². The number of benzene rings is 1. The van der Waals surface area contributed by atoms with Crippen LogP contribution in [-0.4, -0.2) is 29.2 Å². The molecule has 25 heavy (non-hydrogen) atoms. The zero-order valence-electron chi connectivity index (χ0n) is 14.2. The molecule has 1 aliphatic heterocycles. The van der Waals surface area contributed by atoms with Gasteiger partial charge in [0.25, 0.3) is 5.56 Å². The van der Waals surface area contributed by atoms with Crippen molar-refractivity contribution in [2.45, 2.75) is 31.9 Å². The van der Waals surface area contributed by atoms with E-state index in [1.165, 1.54) is 0 Å². The standard InChI is InChI=1S/C19H22F2N2O2/c1-22-9-6-16(12-18(22)24)15-7-10-23(11-8-15)13-14-2-4-17(5-3-14)25-19(20)21/h2-6,9,12,15,19H,7-8,10-11,13H2,1H3. The van der Waals surface area contributed by atoms with Gasteiger partial charge in [-0.15, -0.1) is 0 Å². The van der Waals surface area contributed by atoms with Crippen LogP contribution in [0, 0.1) is 0 Å². The highest BCUT2D eigenvalue weighted by atomic mass is 19.3. The number of likely N-dealkylation sites (tertiary alicyclic amines) is 1. The van der Waals surface area contributed by atoms with Crippen LogP contribution in [0.3, 0.4) is 0 Å². The summed E-state index contributed by atoms with van der Waals surface area (Å²) in [6.45, 7) is -0.0950. The fourth-order valence-electron chi connectivity index (χ4n) is 3.28. The lowest BCUT2D eigenvalue weighted by Crippen LogP contribution is -2.32. The Labute approximate surface area is 145 Å². The fourth-order valence-corrected chi connectivity index (χ4v) is 3.28. The van der Waals surface area contributed by atoms with Gasteiger partial charge in [-0.3, -0.25) is 9.69 Å². The smallest absolute Gasteiger partial charge is 0.387 e. The number of aryl methyl sites for hydroxylation is 1. The van der Waals surface area contributed by atoms with Crippen molar-refractivity contribution < 1.29 is 13.5 Å². The summed E-state index contributed by atoms with van der Waals surface area (Å²) in [5.74, 6) is 0.607. The van der Waals surface area contributed by atoms with E-state index in [1.807, 2.05) is 24.4 Å². The van der Waals surface area contributed by atoms with Crippen LogP contribution in [0.15, 0.2) is 47.4 Å². The van der Waals surface area contributed by atoms with Gasteiger partial charge in [0.1, 0.15) is 5.75 Å². The second-order valence-corrected chi connectivity index (χ2v) is 6.48. The number of halogens is 2. The number of piperidine rings is 1. The number of alkyl halides is 2. The van der Waals surface area contributed by atoms with Crippen LogP contribution in [0.2, 0.25) is 0 Å². The molecule has 4 nitrogen and oxygen atoms in total. The average Bonchev–Trinajstić information content (AvgIpc) is 2.59. The quantitative estimate of drug-likeness (QED) is 0.831. The first-order chi connectivity index (χ1) is 12.0. The Morgan fingerprint density at radius 1 is 1.16 bits per heavy atom. The number of ether oxygens (including phenoxy) is 1. The summed E-state index contributed by atoms with van der Waals surface area (Å²) in [6, 6.07) is 10.6. The molecule has 2 aromatic rings. The second-order valence-electron chi connectivity index (χ2n) is 6.48. The molecule has 6 heteroatoms. The maximum absolute atomic E-state index is 12.2. The van der Waals surface area contributed by atoms with E-state index in [2.05, 4.69) is 9.64 Å². The van der Waals surface area contributed by atoms with Crippen LogP contribution in [0.25, 0.3) is 0 Å². The highest BCUT2D eigenvalue weighted by molar-refractivity contribution is 5.27. The Hall–Kier alpha value is -2.21. The summed E-state index contributed by atoms with van der Waals surface area (Å²) >= 11 is 0. The largest absolute Gasteiger partial charge is 0.435 e. The Kier molecular flexibility index (Phi) is 5.48. The third-order valence-corrected chi connectivity index (χ3v) is 4.74. The van der Waals surface area contributed by atoms with Crippen LogP contribution in [0.1, 0.15) is 29.9 Å². The molecule has 0 spiro atoms. The van der Waals surface area contributed by atoms with Gasteiger partial charge in [0, 0.05) is 25.9 Å². The van der Waals surface area contributed by atoms with E-state index >= 15 is 0 Å². The van der Waals surface area contributed by atoms with E-state index in [0.29, 0.717) is 5.92 Å². The molecule has 1 aromatic carbocycles. The highest BCUT2D eigenvalue weighted by Gasteiger charge is 2.21. The van der Waals surface area contributed by atoms with Gasteiger partial charge in [0.2, 0.25) is 0 Å². The van der Waals surface area contributed by atoms with Gasteiger partial charge in [-0.25, -0.2) is 0 Å². The summed E-state index contributed by atoms with van der Waals surface area (Å²) in [7, 11) is 1.76. The average molecular weight is 348 g/mol. The van der Waals surface area contributed by atoms with Gasteiger partial charge >= 0.3 is 6.61 Å². The summed E-state index contributed by atoms with van der Waals surface area (Å²) in [4.78, 5) is 14.1. The molecule has 1 aliphatic rings. The first kappa shape index (κ1) is 17.6. The number of rotatable bonds is 5. The van der Waals surface area contributed by atoms with Crippen LogP contribution in [-0.2, 0) is 13.6 Å². The lowest BCUT2D eigenvalue weighted by molar-refractivity contribution is -0.0498. The molecular weight excluding hydrogens is 326 g/mol. The highest BCUT2D eigenvalue weighted by Crippen LogP contribution is 2.28. The van der Waals surface area contributed by atoms with E-state index in [9.17, 15) is 13.6 Å².